The fourth-order valence-corrected chi connectivity index (χ4v) is 2.94. The lowest BCUT2D eigenvalue weighted by molar-refractivity contribution is -0.154. The minimum absolute atomic E-state index is 0.136. The maximum Gasteiger partial charge on any atom is 0.319 e. The van der Waals surface area contributed by atoms with Crippen LogP contribution in [0, 0.1) is 5.92 Å². The Balaban J connectivity index is 4.32. The molecule has 0 aliphatic heterocycles. The lowest BCUT2D eigenvalue weighted by Gasteiger charge is -2.24. The first-order valence-electron chi connectivity index (χ1n) is 7.13. The number of carbonyl (C=O) groups is 1. The minimum atomic E-state index is -2.62. The molecule has 1 atom stereocenters. The van der Waals surface area contributed by atoms with Gasteiger partial charge in [0.25, 0.3) is 0 Å². The van der Waals surface area contributed by atoms with Crippen molar-refractivity contribution in [2.45, 2.75) is 77.6 Å². The van der Waals surface area contributed by atoms with Gasteiger partial charge < -0.3 is 4.74 Å². The molecule has 0 aromatic rings. The lowest BCUT2D eigenvalue weighted by Crippen LogP contribution is -2.31. The SMILES string of the molecule is CC(C)CC(SCCCC(C)(F)F)C(=O)OC(C)(C)C. The number of esters is 1. The molecule has 0 aromatic heterocycles. The zero-order chi connectivity index (χ0) is 16.0. The van der Waals surface area contributed by atoms with E-state index in [0.717, 1.165) is 6.92 Å². The first-order chi connectivity index (χ1) is 8.91. The molecule has 0 spiro atoms. The molecule has 0 radical (unpaired) electrons. The first kappa shape index (κ1) is 19.7. The molecular formula is C15H28F2O2S. The van der Waals surface area contributed by atoms with Crippen molar-refractivity contribution in [2.75, 3.05) is 5.75 Å². The van der Waals surface area contributed by atoms with Crippen molar-refractivity contribution in [3.63, 3.8) is 0 Å². The normalized spacial score (nSPS) is 14.4. The Morgan fingerprint density at radius 2 is 1.75 bits per heavy atom. The van der Waals surface area contributed by atoms with E-state index < -0.39 is 11.5 Å². The van der Waals surface area contributed by atoms with E-state index in [9.17, 15) is 13.6 Å². The second kappa shape index (κ2) is 8.20. The summed E-state index contributed by atoms with van der Waals surface area (Å²) in [5.41, 5.74) is -0.511. The number of thioether (sulfide) groups is 1. The number of rotatable bonds is 8. The van der Waals surface area contributed by atoms with Gasteiger partial charge in [0.05, 0.1) is 0 Å². The van der Waals surface area contributed by atoms with E-state index in [2.05, 4.69) is 0 Å². The van der Waals surface area contributed by atoms with Crippen molar-refractivity contribution >= 4 is 17.7 Å². The van der Waals surface area contributed by atoms with Crippen molar-refractivity contribution in [3.8, 4) is 0 Å². The topological polar surface area (TPSA) is 26.3 Å². The summed E-state index contributed by atoms with van der Waals surface area (Å²) in [6.07, 6.45) is 0.983. The standard InChI is InChI=1S/C15H28F2O2S/c1-11(2)10-12(13(18)19-14(3,4)5)20-9-7-8-15(6,16)17/h11-12H,7-10H2,1-6H3. The van der Waals surface area contributed by atoms with Crippen LogP contribution >= 0.6 is 11.8 Å². The van der Waals surface area contributed by atoms with Crippen molar-refractivity contribution in [1.82, 2.24) is 0 Å². The van der Waals surface area contributed by atoms with Gasteiger partial charge >= 0.3 is 5.97 Å². The zero-order valence-electron chi connectivity index (χ0n) is 13.5. The molecule has 0 N–H and O–H groups in total. The van der Waals surface area contributed by atoms with E-state index in [-0.39, 0.29) is 17.6 Å². The summed E-state index contributed by atoms with van der Waals surface area (Å²) < 4.78 is 30.9. The maximum absolute atomic E-state index is 12.7. The summed E-state index contributed by atoms with van der Waals surface area (Å²) in [4.78, 5) is 12.1. The number of hydrogen-bond acceptors (Lipinski definition) is 3. The first-order valence-corrected chi connectivity index (χ1v) is 8.18. The second-order valence-electron chi connectivity index (χ2n) is 6.70. The Bertz CT molecular complexity index is 293. The molecule has 0 amide bonds. The number of carbonyl (C=O) groups excluding carboxylic acids is 1. The largest absolute Gasteiger partial charge is 0.459 e. The van der Waals surface area contributed by atoms with Gasteiger partial charge in [0, 0.05) is 6.42 Å². The van der Waals surface area contributed by atoms with E-state index >= 15 is 0 Å². The number of ether oxygens (including phenoxy) is 1. The second-order valence-corrected chi connectivity index (χ2v) is 8.01. The third-order valence-corrected chi connectivity index (χ3v) is 3.75. The monoisotopic (exact) mass is 310 g/mol. The van der Waals surface area contributed by atoms with Gasteiger partial charge in [0.2, 0.25) is 5.92 Å². The molecule has 120 valence electrons. The van der Waals surface area contributed by atoms with Crippen LogP contribution in [0.25, 0.3) is 0 Å². The molecule has 0 aliphatic carbocycles. The highest BCUT2D eigenvalue weighted by atomic mass is 32.2. The molecule has 1 unspecified atom stereocenters. The highest BCUT2D eigenvalue weighted by molar-refractivity contribution is 8.00. The average Bonchev–Trinajstić information content (AvgIpc) is 2.17. The molecule has 0 fully saturated rings. The van der Waals surface area contributed by atoms with E-state index in [1.54, 1.807) is 0 Å². The molecule has 20 heavy (non-hydrogen) atoms. The third kappa shape index (κ3) is 11.5. The Morgan fingerprint density at radius 1 is 1.20 bits per heavy atom. The van der Waals surface area contributed by atoms with Gasteiger partial charge in [-0.05, 0) is 52.2 Å². The van der Waals surface area contributed by atoms with E-state index in [1.165, 1.54) is 11.8 Å². The Kier molecular flexibility index (Phi) is 8.07. The third-order valence-electron chi connectivity index (χ3n) is 2.43. The van der Waals surface area contributed by atoms with E-state index in [0.29, 0.717) is 24.5 Å². The quantitative estimate of drug-likeness (QED) is 0.470. The molecular weight excluding hydrogens is 282 g/mol. The summed E-state index contributed by atoms with van der Waals surface area (Å²) in [5.74, 6) is -1.94. The Hall–Kier alpha value is -0.320. The van der Waals surface area contributed by atoms with Crippen LogP contribution < -0.4 is 0 Å². The molecule has 2 nitrogen and oxygen atoms in total. The summed E-state index contributed by atoms with van der Waals surface area (Å²) >= 11 is 1.43. The molecule has 0 bridgehead atoms. The summed E-state index contributed by atoms with van der Waals surface area (Å²) in [6, 6.07) is 0. The van der Waals surface area contributed by atoms with Crippen molar-refractivity contribution < 1.29 is 18.3 Å². The van der Waals surface area contributed by atoms with Crippen molar-refractivity contribution in [1.29, 1.82) is 0 Å². The minimum Gasteiger partial charge on any atom is -0.459 e. The van der Waals surface area contributed by atoms with Gasteiger partial charge in [-0.15, -0.1) is 11.8 Å². The van der Waals surface area contributed by atoms with Crippen molar-refractivity contribution in [3.05, 3.63) is 0 Å². The van der Waals surface area contributed by atoms with Crippen LogP contribution in [0.5, 0.6) is 0 Å². The van der Waals surface area contributed by atoms with Crippen LogP contribution in [0.15, 0.2) is 0 Å². The highest BCUT2D eigenvalue weighted by Crippen LogP contribution is 2.26. The Morgan fingerprint density at radius 3 is 2.15 bits per heavy atom. The van der Waals surface area contributed by atoms with Crippen LogP contribution in [-0.2, 0) is 9.53 Å². The number of hydrogen-bond donors (Lipinski definition) is 0. The maximum atomic E-state index is 12.7. The predicted molar refractivity (Wildman–Crippen MR) is 81.4 cm³/mol. The molecule has 0 saturated heterocycles. The van der Waals surface area contributed by atoms with Crippen LogP contribution in [0.2, 0.25) is 0 Å². The highest BCUT2D eigenvalue weighted by Gasteiger charge is 2.27. The van der Waals surface area contributed by atoms with E-state index in [1.807, 2.05) is 34.6 Å². The number of alkyl halides is 2. The van der Waals surface area contributed by atoms with Gasteiger partial charge in [-0.3, -0.25) is 4.79 Å². The summed E-state index contributed by atoms with van der Waals surface area (Å²) in [6.45, 7) is 10.5. The smallest absolute Gasteiger partial charge is 0.319 e. The molecule has 0 rings (SSSR count). The van der Waals surface area contributed by atoms with Crippen molar-refractivity contribution in [2.24, 2.45) is 5.92 Å². The van der Waals surface area contributed by atoms with Crippen LogP contribution in [0.4, 0.5) is 8.78 Å². The van der Waals surface area contributed by atoms with Crippen LogP contribution in [-0.4, -0.2) is 28.5 Å². The average molecular weight is 310 g/mol. The molecule has 0 aromatic carbocycles. The van der Waals surface area contributed by atoms with Gasteiger partial charge in [-0.25, -0.2) is 8.78 Å². The van der Waals surface area contributed by atoms with Crippen LogP contribution in [0.1, 0.15) is 60.8 Å². The lowest BCUT2D eigenvalue weighted by atomic mass is 10.1. The molecule has 0 heterocycles. The zero-order valence-corrected chi connectivity index (χ0v) is 14.3. The molecule has 5 heteroatoms. The summed E-state index contributed by atoms with van der Waals surface area (Å²) in [5, 5.41) is -0.264. The predicted octanol–water partition coefficient (Wildman–Crippen LogP) is 4.91. The fraction of sp³-hybridized carbons (Fsp3) is 0.933. The van der Waals surface area contributed by atoms with Gasteiger partial charge in [0.1, 0.15) is 10.9 Å². The van der Waals surface area contributed by atoms with Gasteiger partial charge in [-0.2, -0.15) is 0 Å². The summed E-state index contributed by atoms with van der Waals surface area (Å²) in [7, 11) is 0. The Labute approximate surface area is 126 Å². The van der Waals surface area contributed by atoms with Gasteiger partial charge in [0.15, 0.2) is 0 Å². The number of halogens is 2. The molecule has 0 saturated carbocycles. The van der Waals surface area contributed by atoms with Crippen LogP contribution in [0.3, 0.4) is 0 Å². The van der Waals surface area contributed by atoms with E-state index in [4.69, 9.17) is 4.74 Å². The molecule has 0 aliphatic rings. The van der Waals surface area contributed by atoms with Gasteiger partial charge in [-0.1, -0.05) is 13.8 Å². The fourth-order valence-electron chi connectivity index (χ4n) is 1.64.